The van der Waals surface area contributed by atoms with E-state index in [4.69, 9.17) is 23.2 Å². The van der Waals surface area contributed by atoms with Crippen molar-refractivity contribution >= 4 is 40.7 Å². The number of anilines is 1. The van der Waals surface area contributed by atoms with E-state index in [1.807, 2.05) is 17.0 Å². The van der Waals surface area contributed by atoms with Gasteiger partial charge in [-0.1, -0.05) is 35.3 Å². The Kier molecular flexibility index (Phi) is 5.07. The Morgan fingerprint density at radius 2 is 1.75 bits per heavy atom. The first-order chi connectivity index (χ1) is 11.5. The van der Waals surface area contributed by atoms with Crippen LogP contribution in [0.3, 0.4) is 0 Å². The number of nitrogens with zero attached hydrogens (tertiary/aromatic N) is 1. The standard InChI is InChI=1S/C18H16Cl2N2O2/c19-14-8-15(20)10-16(9-14)21-18(24)13-5-3-12(4-6-13)11-22-7-1-2-17(22)23/h3-6,8-10H,1-2,7,11H2,(H,21,24). The van der Waals surface area contributed by atoms with E-state index < -0.39 is 0 Å². The highest BCUT2D eigenvalue weighted by molar-refractivity contribution is 6.35. The Bertz CT molecular complexity index is 755. The fourth-order valence-electron chi connectivity index (χ4n) is 2.68. The van der Waals surface area contributed by atoms with Crippen molar-refractivity contribution in [3.63, 3.8) is 0 Å². The molecule has 0 saturated carbocycles. The van der Waals surface area contributed by atoms with Crippen LogP contribution in [0, 0.1) is 0 Å². The van der Waals surface area contributed by atoms with Crippen molar-refractivity contribution in [2.75, 3.05) is 11.9 Å². The van der Waals surface area contributed by atoms with Gasteiger partial charge in [0.15, 0.2) is 0 Å². The van der Waals surface area contributed by atoms with Crippen molar-refractivity contribution < 1.29 is 9.59 Å². The summed E-state index contributed by atoms with van der Waals surface area (Å²) in [6.45, 7) is 1.39. The Morgan fingerprint density at radius 3 is 2.33 bits per heavy atom. The molecular formula is C18H16Cl2N2O2. The number of benzene rings is 2. The normalized spacial score (nSPS) is 14.1. The van der Waals surface area contributed by atoms with Crippen LogP contribution in [0.1, 0.15) is 28.8 Å². The second-order valence-electron chi connectivity index (χ2n) is 5.73. The minimum atomic E-state index is -0.239. The Morgan fingerprint density at radius 1 is 1.08 bits per heavy atom. The summed E-state index contributed by atoms with van der Waals surface area (Å²) in [6.07, 6.45) is 1.55. The van der Waals surface area contributed by atoms with Gasteiger partial charge in [0.05, 0.1) is 0 Å². The van der Waals surface area contributed by atoms with Crippen molar-refractivity contribution in [1.29, 1.82) is 0 Å². The van der Waals surface area contributed by atoms with E-state index in [0.29, 0.717) is 34.3 Å². The zero-order valence-corrected chi connectivity index (χ0v) is 14.4. The van der Waals surface area contributed by atoms with Gasteiger partial charge in [-0.3, -0.25) is 9.59 Å². The van der Waals surface area contributed by atoms with Crippen LogP contribution in [0.25, 0.3) is 0 Å². The third-order valence-corrected chi connectivity index (χ3v) is 4.32. The van der Waals surface area contributed by atoms with E-state index in [2.05, 4.69) is 5.32 Å². The van der Waals surface area contributed by atoms with Gasteiger partial charge in [0.1, 0.15) is 0 Å². The van der Waals surface area contributed by atoms with E-state index >= 15 is 0 Å². The molecule has 0 spiro atoms. The third kappa shape index (κ3) is 4.08. The lowest BCUT2D eigenvalue weighted by atomic mass is 10.1. The molecule has 0 aromatic heterocycles. The quantitative estimate of drug-likeness (QED) is 0.877. The summed E-state index contributed by atoms with van der Waals surface area (Å²) in [7, 11) is 0. The number of rotatable bonds is 4. The minimum absolute atomic E-state index is 0.189. The van der Waals surface area contributed by atoms with Gasteiger partial charge in [0.2, 0.25) is 5.91 Å². The highest BCUT2D eigenvalue weighted by Gasteiger charge is 2.20. The second-order valence-corrected chi connectivity index (χ2v) is 6.60. The minimum Gasteiger partial charge on any atom is -0.338 e. The summed E-state index contributed by atoms with van der Waals surface area (Å²) in [4.78, 5) is 25.8. The van der Waals surface area contributed by atoms with Crippen LogP contribution in [-0.2, 0) is 11.3 Å². The van der Waals surface area contributed by atoms with Gasteiger partial charge < -0.3 is 10.2 Å². The van der Waals surface area contributed by atoms with Gasteiger partial charge in [0, 0.05) is 40.8 Å². The first-order valence-corrected chi connectivity index (χ1v) is 8.41. The third-order valence-electron chi connectivity index (χ3n) is 3.88. The predicted molar refractivity (Wildman–Crippen MR) is 95.5 cm³/mol. The monoisotopic (exact) mass is 362 g/mol. The first-order valence-electron chi connectivity index (χ1n) is 7.65. The molecule has 1 aliphatic rings. The van der Waals surface area contributed by atoms with E-state index in [9.17, 15) is 9.59 Å². The molecule has 0 bridgehead atoms. The number of nitrogens with one attached hydrogen (secondary N) is 1. The molecule has 3 rings (SSSR count). The maximum Gasteiger partial charge on any atom is 0.255 e. The van der Waals surface area contributed by atoms with Gasteiger partial charge in [-0.25, -0.2) is 0 Å². The topological polar surface area (TPSA) is 49.4 Å². The molecule has 124 valence electrons. The Labute approximate surface area is 150 Å². The summed E-state index contributed by atoms with van der Waals surface area (Å²) >= 11 is 11.9. The molecule has 24 heavy (non-hydrogen) atoms. The highest BCUT2D eigenvalue weighted by atomic mass is 35.5. The largest absolute Gasteiger partial charge is 0.338 e. The molecule has 1 aliphatic heterocycles. The molecule has 1 heterocycles. The fourth-order valence-corrected chi connectivity index (χ4v) is 3.21. The lowest BCUT2D eigenvalue weighted by molar-refractivity contribution is -0.128. The van der Waals surface area contributed by atoms with Crippen LogP contribution in [0.2, 0.25) is 10.0 Å². The smallest absolute Gasteiger partial charge is 0.255 e. The van der Waals surface area contributed by atoms with Crippen molar-refractivity contribution in [2.24, 2.45) is 0 Å². The molecule has 2 aromatic carbocycles. The number of amides is 2. The van der Waals surface area contributed by atoms with Crippen LogP contribution >= 0.6 is 23.2 Å². The van der Waals surface area contributed by atoms with E-state index in [1.54, 1.807) is 30.3 Å². The summed E-state index contributed by atoms with van der Waals surface area (Å²) in [6, 6.07) is 12.1. The van der Waals surface area contributed by atoms with E-state index in [1.165, 1.54) is 0 Å². The number of carbonyl (C=O) groups is 2. The van der Waals surface area contributed by atoms with Gasteiger partial charge in [-0.2, -0.15) is 0 Å². The number of hydrogen-bond acceptors (Lipinski definition) is 2. The molecular weight excluding hydrogens is 347 g/mol. The molecule has 0 aliphatic carbocycles. The second kappa shape index (κ2) is 7.24. The Balaban J connectivity index is 1.66. The number of hydrogen-bond donors (Lipinski definition) is 1. The first kappa shape index (κ1) is 16.8. The summed E-state index contributed by atoms with van der Waals surface area (Å²) in [5.74, 6) is -0.0493. The van der Waals surface area contributed by atoms with Crippen molar-refractivity contribution in [3.05, 3.63) is 63.6 Å². The molecule has 2 amide bonds. The van der Waals surface area contributed by atoms with Gasteiger partial charge in [-0.05, 0) is 42.3 Å². The zero-order valence-electron chi connectivity index (χ0n) is 12.9. The lowest BCUT2D eigenvalue weighted by Crippen LogP contribution is -2.23. The van der Waals surface area contributed by atoms with E-state index in [-0.39, 0.29) is 11.8 Å². The Hall–Kier alpha value is -2.04. The summed E-state index contributed by atoms with van der Waals surface area (Å²) in [5.41, 5.74) is 2.08. The molecule has 1 fully saturated rings. The summed E-state index contributed by atoms with van der Waals surface area (Å²) in [5, 5.41) is 3.69. The number of carbonyl (C=O) groups excluding carboxylic acids is 2. The van der Waals surface area contributed by atoms with Gasteiger partial charge in [0.25, 0.3) is 5.91 Å². The number of likely N-dealkylation sites (tertiary alicyclic amines) is 1. The molecule has 0 atom stereocenters. The summed E-state index contributed by atoms with van der Waals surface area (Å²) < 4.78 is 0. The number of halogens is 2. The lowest BCUT2D eigenvalue weighted by Gasteiger charge is -2.15. The maximum atomic E-state index is 12.3. The van der Waals surface area contributed by atoms with Gasteiger partial charge >= 0.3 is 0 Å². The van der Waals surface area contributed by atoms with Gasteiger partial charge in [-0.15, -0.1) is 0 Å². The van der Waals surface area contributed by atoms with Crippen LogP contribution in [0.15, 0.2) is 42.5 Å². The average molecular weight is 363 g/mol. The molecule has 1 saturated heterocycles. The average Bonchev–Trinajstić information content (AvgIpc) is 2.92. The SMILES string of the molecule is O=C(Nc1cc(Cl)cc(Cl)c1)c1ccc(CN2CCCC2=O)cc1. The molecule has 0 radical (unpaired) electrons. The van der Waals surface area contributed by atoms with Crippen LogP contribution in [0.5, 0.6) is 0 Å². The predicted octanol–water partition coefficient (Wildman–Crippen LogP) is 4.37. The molecule has 4 nitrogen and oxygen atoms in total. The van der Waals surface area contributed by atoms with Crippen molar-refractivity contribution in [3.8, 4) is 0 Å². The molecule has 2 aromatic rings. The molecule has 0 unspecified atom stereocenters. The highest BCUT2D eigenvalue weighted by Crippen LogP contribution is 2.23. The maximum absolute atomic E-state index is 12.3. The van der Waals surface area contributed by atoms with Crippen LogP contribution in [-0.4, -0.2) is 23.3 Å². The fraction of sp³-hybridized carbons (Fsp3) is 0.222. The van der Waals surface area contributed by atoms with Crippen molar-refractivity contribution in [1.82, 2.24) is 4.90 Å². The van der Waals surface area contributed by atoms with Crippen molar-refractivity contribution in [2.45, 2.75) is 19.4 Å². The van der Waals surface area contributed by atoms with Crippen LogP contribution in [0.4, 0.5) is 5.69 Å². The van der Waals surface area contributed by atoms with E-state index in [0.717, 1.165) is 18.5 Å². The molecule has 6 heteroatoms. The van der Waals surface area contributed by atoms with Crippen LogP contribution < -0.4 is 5.32 Å². The molecule has 1 N–H and O–H groups in total. The zero-order chi connectivity index (χ0) is 17.1.